The van der Waals surface area contributed by atoms with Crippen molar-refractivity contribution in [1.29, 1.82) is 0 Å². The monoisotopic (exact) mass is 458 g/mol. The highest BCUT2D eigenvalue weighted by Gasteiger charge is 2.44. The van der Waals surface area contributed by atoms with Crippen LogP contribution in [0.25, 0.3) is 0 Å². The maximum atomic E-state index is 13.3. The lowest BCUT2D eigenvalue weighted by atomic mass is 9.69. The minimum atomic E-state index is -3.85. The molecule has 4 rings (SSSR count). The van der Waals surface area contributed by atoms with Crippen molar-refractivity contribution in [1.82, 2.24) is 0 Å². The zero-order chi connectivity index (χ0) is 22.6. The van der Waals surface area contributed by atoms with Crippen LogP contribution in [0, 0.1) is 5.41 Å². The number of nitrogens with zero attached hydrogens (tertiary/aromatic N) is 1. The van der Waals surface area contributed by atoms with Gasteiger partial charge in [0.25, 0.3) is 0 Å². The van der Waals surface area contributed by atoms with Gasteiger partial charge in [-0.3, -0.25) is 14.5 Å². The molecule has 1 aliphatic heterocycles. The lowest BCUT2D eigenvalue weighted by Gasteiger charge is -2.43. The molecule has 0 spiro atoms. The quantitative estimate of drug-likeness (QED) is 0.746. The number of ketones is 1. The highest BCUT2D eigenvalue weighted by molar-refractivity contribution is 7.89. The smallest absolute Gasteiger partial charge is 0.238 e. The van der Waals surface area contributed by atoms with Crippen LogP contribution >= 0.6 is 11.6 Å². The summed E-state index contributed by atoms with van der Waals surface area (Å²) in [5.41, 5.74) is 2.24. The largest absolute Gasteiger partial charge is 0.294 e. The van der Waals surface area contributed by atoms with Crippen molar-refractivity contribution in [3.05, 3.63) is 70.4 Å². The van der Waals surface area contributed by atoms with E-state index in [0.29, 0.717) is 34.8 Å². The number of Topliss-reactive ketones (excluding diaryl/α,β-unsaturated/α-hetero) is 1. The molecule has 0 fully saturated rings. The molecule has 1 aliphatic carbocycles. The predicted octanol–water partition coefficient (Wildman–Crippen LogP) is 4.15. The second kappa shape index (κ2) is 7.58. The summed E-state index contributed by atoms with van der Waals surface area (Å²) in [4.78, 5) is 28.1. The zero-order valence-electron chi connectivity index (χ0n) is 17.3. The molecule has 8 heteroatoms. The summed E-state index contributed by atoms with van der Waals surface area (Å²) in [6.07, 6.45) is 1.03. The van der Waals surface area contributed by atoms with Gasteiger partial charge in [0, 0.05) is 40.7 Å². The Morgan fingerprint density at radius 1 is 1.03 bits per heavy atom. The van der Waals surface area contributed by atoms with Crippen molar-refractivity contribution >= 4 is 39.0 Å². The Balaban J connectivity index is 1.88. The molecule has 1 atom stereocenters. The van der Waals surface area contributed by atoms with Gasteiger partial charge in [0.15, 0.2) is 5.78 Å². The Labute approximate surface area is 186 Å². The average molecular weight is 459 g/mol. The molecule has 1 heterocycles. The van der Waals surface area contributed by atoms with Gasteiger partial charge in [0.1, 0.15) is 0 Å². The Hall–Kier alpha value is -2.48. The minimum Gasteiger partial charge on any atom is -0.294 e. The van der Waals surface area contributed by atoms with Gasteiger partial charge in [0.2, 0.25) is 15.9 Å². The lowest BCUT2D eigenvalue weighted by molar-refractivity contribution is -0.121. The van der Waals surface area contributed by atoms with Crippen LogP contribution in [0.15, 0.2) is 64.7 Å². The van der Waals surface area contributed by atoms with E-state index >= 15 is 0 Å². The number of primary sulfonamides is 1. The summed E-state index contributed by atoms with van der Waals surface area (Å²) in [6.45, 7) is 4.00. The molecule has 0 bridgehead atoms. The topological polar surface area (TPSA) is 97.5 Å². The molecule has 0 saturated carbocycles. The molecule has 2 aromatic rings. The van der Waals surface area contributed by atoms with Crippen LogP contribution < -0.4 is 10.0 Å². The van der Waals surface area contributed by atoms with Crippen molar-refractivity contribution in [2.45, 2.75) is 43.9 Å². The molecule has 0 saturated heterocycles. The third-order valence-electron chi connectivity index (χ3n) is 5.85. The second-order valence-corrected chi connectivity index (χ2v) is 10.8. The van der Waals surface area contributed by atoms with Crippen LogP contribution in [0.4, 0.5) is 5.69 Å². The van der Waals surface area contributed by atoms with E-state index in [2.05, 4.69) is 0 Å². The molecule has 6 nitrogen and oxygen atoms in total. The summed E-state index contributed by atoms with van der Waals surface area (Å²) < 4.78 is 23.2. The number of rotatable bonds is 3. The number of allylic oxidation sites excluding steroid dienone is 2. The molecule has 2 aliphatic rings. The summed E-state index contributed by atoms with van der Waals surface area (Å²) >= 11 is 6.43. The number of halogens is 1. The first-order chi connectivity index (χ1) is 14.5. The number of amides is 1. The third-order valence-corrected chi connectivity index (χ3v) is 7.12. The molecule has 2 N–H and O–H groups in total. The van der Waals surface area contributed by atoms with Gasteiger partial charge in [0.05, 0.1) is 4.90 Å². The highest BCUT2D eigenvalue weighted by Crippen LogP contribution is 2.49. The second-order valence-electron chi connectivity index (χ2n) is 8.85. The first-order valence-electron chi connectivity index (χ1n) is 9.94. The lowest BCUT2D eigenvalue weighted by Crippen LogP contribution is -2.43. The Kier molecular flexibility index (Phi) is 5.32. The standard InChI is InChI=1S/C23H23ClN2O4S/c1-23(2)12-19-22(20(27)13-23)17(16-5-3-4-6-18(16)24)11-21(28)26(19)14-7-9-15(10-8-14)31(25,29)30/h3-10,17H,11-13H2,1-2H3,(H2,25,29,30). The third kappa shape index (κ3) is 4.05. The van der Waals surface area contributed by atoms with Crippen LogP contribution in [-0.4, -0.2) is 20.1 Å². The molecule has 162 valence electrons. The van der Waals surface area contributed by atoms with Gasteiger partial charge in [-0.1, -0.05) is 43.6 Å². The number of carbonyl (C=O) groups is 2. The van der Waals surface area contributed by atoms with Gasteiger partial charge in [-0.05, 0) is 47.7 Å². The van der Waals surface area contributed by atoms with Crippen LogP contribution in [0.1, 0.15) is 44.6 Å². The number of anilines is 1. The number of hydrogen-bond acceptors (Lipinski definition) is 4. The van der Waals surface area contributed by atoms with Crippen LogP contribution in [0.3, 0.4) is 0 Å². The van der Waals surface area contributed by atoms with Crippen molar-refractivity contribution in [3.8, 4) is 0 Å². The van der Waals surface area contributed by atoms with Gasteiger partial charge >= 0.3 is 0 Å². The zero-order valence-corrected chi connectivity index (χ0v) is 18.8. The fourth-order valence-electron chi connectivity index (χ4n) is 4.52. The van der Waals surface area contributed by atoms with Crippen LogP contribution in [0.5, 0.6) is 0 Å². The van der Waals surface area contributed by atoms with E-state index in [1.807, 2.05) is 32.0 Å². The maximum absolute atomic E-state index is 13.3. The summed E-state index contributed by atoms with van der Waals surface area (Å²) in [7, 11) is -3.85. The first kappa shape index (κ1) is 21.7. The van der Waals surface area contributed by atoms with Crippen molar-refractivity contribution < 1.29 is 18.0 Å². The average Bonchev–Trinajstić information content (AvgIpc) is 2.66. The van der Waals surface area contributed by atoms with Gasteiger partial charge in [-0.25, -0.2) is 13.6 Å². The summed E-state index contributed by atoms with van der Waals surface area (Å²) in [5, 5.41) is 5.72. The van der Waals surface area contributed by atoms with E-state index < -0.39 is 15.9 Å². The number of nitrogens with two attached hydrogens (primary N) is 1. The molecule has 2 aromatic carbocycles. The first-order valence-corrected chi connectivity index (χ1v) is 11.9. The fourth-order valence-corrected chi connectivity index (χ4v) is 5.31. The Bertz CT molecular complexity index is 1220. The number of carbonyl (C=O) groups excluding carboxylic acids is 2. The molecule has 0 radical (unpaired) electrons. The normalized spacial score (nSPS) is 21.3. The number of benzene rings is 2. The molecule has 1 amide bonds. The predicted molar refractivity (Wildman–Crippen MR) is 119 cm³/mol. The maximum Gasteiger partial charge on any atom is 0.238 e. The van der Waals surface area contributed by atoms with Gasteiger partial charge in [-0.15, -0.1) is 0 Å². The molecule has 1 unspecified atom stereocenters. The molecule has 31 heavy (non-hydrogen) atoms. The SMILES string of the molecule is CC1(C)CC(=O)C2=C(C1)N(c1ccc(S(N)(=O)=O)cc1)C(=O)CC2c1ccccc1Cl. The summed E-state index contributed by atoms with van der Waals surface area (Å²) in [6, 6.07) is 13.1. The minimum absolute atomic E-state index is 0.00910. The van der Waals surface area contributed by atoms with E-state index in [4.69, 9.17) is 16.7 Å². The van der Waals surface area contributed by atoms with E-state index in [1.165, 1.54) is 12.1 Å². The Morgan fingerprint density at radius 3 is 2.29 bits per heavy atom. The highest BCUT2D eigenvalue weighted by atomic mass is 35.5. The van der Waals surface area contributed by atoms with Crippen molar-refractivity contribution in [2.24, 2.45) is 10.6 Å². The molecular weight excluding hydrogens is 436 g/mol. The van der Waals surface area contributed by atoms with Crippen LogP contribution in [0.2, 0.25) is 5.02 Å². The van der Waals surface area contributed by atoms with Crippen molar-refractivity contribution in [3.63, 3.8) is 0 Å². The fraction of sp³-hybridized carbons (Fsp3) is 0.304. The van der Waals surface area contributed by atoms with Gasteiger partial charge in [-0.2, -0.15) is 0 Å². The molecular formula is C23H23ClN2O4S. The van der Waals surface area contributed by atoms with Crippen molar-refractivity contribution in [2.75, 3.05) is 4.90 Å². The summed E-state index contributed by atoms with van der Waals surface area (Å²) in [5.74, 6) is -0.563. The van der Waals surface area contributed by atoms with Gasteiger partial charge < -0.3 is 0 Å². The van der Waals surface area contributed by atoms with E-state index in [1.54, 1.807) is 23.1 Å². The van der Waals surface area contributed by atoms with E-state index in [-0.39, 0.29) is 28.4 Å². The van der Waals surface area contributed by atoms with E-state index in [0.717, 1.165) is 5.56 Å². The number of hydrogen-bond donors (Lipinski definition) is 1. The molecule has 0 aromatic heterocycles. The van der Waals surface area contributed by atoms with Crippen LogP contribution in [-0.2, 0) is 19.6 Å². The Morgan fingerprint density at radius 2 is 1.68 bits per heavy atom. The van der Waals surface area contributed by atoms with E-state index in [9.17, 15) is 18.0 Å². The number of sulfonamides is 1.